The van der Waals surface area contributed by atoms with Crippen molar-refractivity contribution in [1.29, 1.82) is 5.26 Å². The minimum absolute atomic E-state index is 0.125. The predicted octanol–water partition coefficient (Wildman–Crippen LogP) is 2.06. The van der Waals surface area contributed by atoms with Gasteiger partial charge in [-0.25, -0.2) is 9.97 Å². The molecule has 0 radical (unpaired) electrons. The van der Waals surface area contributed by atoms with Gasteiger partial charge >= 0.3 is 0 Å². The van der Waals surface area contributed by atoms with Gasteiger partial charge in [-0.15, -0.1) is 0 Å². The lowest BCUT2D eigenvalue weighted by molar-refractivity contribution is 0.0302. The molecule has 1 fully saturated rings. The molecule has 33 heavy (non-hydrogen) atoms. The van der Waals surface area contributed by atoms with Crippen LogP contribution in [0.25, 0.3) is 11.2 Å². The number of pyridine rings is 1. The molecule has 1 aromatic carbocycles. The Bertz CT molecular complexity index is 1210. The molecule has 0 unspecified atom stereocenters. The summed E-state index contributed by atoms with van der Waals surface area (Å²) in [6.45, 7) is 3.14. The standard InChI is InChI=1S/C23H24N6O4/c1-32-9-3-6-29-20-19(13-18(15-25-20)22(31)28-7-10-33-11-8-28)26-23(29)27-21(30)17-5-2-4-16(12-17)14-24/h2,4-5,12-13,15H,3,6-11H2,1H3,(H,26,27,30). The molecule has 0 aliphatic carbocycles. The molecule has 10 heteroatoms. The van der Waals surface area contributed by atoms with Gasteiger partial charge in [0, 0.05) is 45.1 Å². The van der Waals surface area contributed by atoms with Gasteiger partial charge in [0.05, 0.1) is 30.4 Å². The first-order chi connectivity index (χ1) is 16.1. The van der Waals surface area contributed by atoms with Crippen LogP contribution in [-0.2, 0) is 16.0 Å². The maximum Gasteiger partial charge on any atom is 0.258 e. The topological polar surface area (TPSA) is 122 Å². The van der Waals surface area contributed by atoms with E-state index in [9.17, 15) is 9.59 Å². The van der Waals surface area contributed by atoms with Crippen molar-refractivity contribution in [2.24, 2.45) is 0 Å². The molecule has 170 valence electrons. The Balaban J connectivity index is 1.64. The van der Waals surface area contributed by atoms with Crippen LogP contribution in [0.4, 0.5) is 5.95 Å². The lowest BCUT2D eigenvalue weighted by Gasteiger charge is -2.26. The number of nitriles is 1. The number of aryl methyl sites for hydroxylation is 1. The van der Waals surface area contributed by atoms with Gasteiger partial charge in [0.2, 0.25) is 5.95 Å². The lowest BCUT2D eigenvalue weighted by Crippen LogP contribution is -2.40. The van der Waals surface area contributed by atoms with Crippen LogP contribution in [0.1, 0.15) is 32.7 Å². The molecule has 0 spiro atoms. The van der Waals surface area contributed by atoms with Gasteiger partial charge in [0.15, 0.2) is 5.65 Å². The molecule has 1 N–H and O–H groups in total. The maximum absolute atomic E-state index is 12.9. The van der Waals surface area contributed by atoms with E-state index < -0.39 is 0 Å². The summed E-state index contributed by atoms with van der Waals surface area (Å²) in [5.74, 6) is -0.197. The number of nitrogens with one attached hydrogen (secondary N) is 1. The summed E-state index contributed by atoms with van der Waals surface area (Å²) in [4.78, 5) is 36.5. The van der Waals surface area contributed by atoms with Crippen LogP contribution in [0.2, 0.25) is 0 Å². The summed E-state index contributed by atoms with van der Waals surface area (Å²) in [7, 11) is 1.62. The van der Waals surface area contributed by atoms with E-state index in [1.54, 1.807) is 40.8 Å². The fourth-order valence-electron chi connectivity index (χ4n) is 3.65. The van der Waals surface area contributed by atoms with Gasteiger partial charge in [0.1, 0.15) is 5.52 Å². The van der Waals surface area contributed by atoms with Crippen LogP contribution in [0, 0.1) is 11.3 Å². The van der Waals surface area contributed by atoms with Crippen molar-refractivity contribution in [2.75, 3.05) is 45.3 Å². The summed E-state index contributed by atoms with van der Waals surface area (Å²) < 4.78 is 12.3. The van der Waals surface area contributed by atoms with Gasteiger partial charge in [-0.2, -0.15) is 5.26 Å². The summed E-state index contributed by atoms with van der Waals surface area (Å²) in [6, 6.07) is 10.2. The van der Waals surface area contributed by atoms with Crippen molar-refractivity contribution in [3.05, 3.63) is 53.2 Å². The van der Waals surface area contributed by atoms with E-state index in [1.165, 1.54) is 12.3 Å². The van der Waals surface area contributed by atoms with E-state index in [0.29, 0.717) is 79.7 Å². The van der Waals surface area contributed by atoms with Gasteiger partial charge in [-0.1, -0.05) is 6.07 Å². The van der Waals surface area contributed by atoms with Crippen molar-refractivity contribution < 1.29 is 19.1 Å². The highest BCUT2D eigenvalue weighted by molar-refractivity contribution is 6.04. The summed E-state index contributed by atoms with van der Waals surface area (Å²) in [5, 5.41) is 11.9. The Morgan fingerprint density at radius 1 is 1.24 bits per heavy atom. The molecule has 3 heterocycles. The molecule has 1 aliphatic rings. The molecule has 3 aromatic rings. The van der Waals surface area contributed by atoms with Crippen molar-refractivity contribution >= 4 is 28.9 Å². The second-order valence-electron chi connectivity index (χ2n) is 7.55. The third-order valence-corrected chi connectivity index (χ3v) is 5.34. The highest BCUT2D eigenvalue weighted by Crippen LogP contribution is 2.21. The molecule has 2 aromatic heterocycles. The number of hydrogen-bond donors (Lipinski definition) is 1. The Morgan fingerprint density at radius 2 is 2.06 bits per heavy atom. The van der Waals surface area contributed by atoms with Crippen molar-refractivity contribution in [3.63, 3.8) is 0 Å². The van der Waals surface area contributed by atoms with E-state index in [1.807, 2.05) is 6.07 Å². The molecule has 4 rings (SSSR count). The highest BCUT2D eigenvalue weighted by Gasteiger charge is 2.21. The first-order valence-corrected chi connectivity index (χ1v) is 10.6. The quantitative estimate of drug-likeness (QED) is 0.549. The third-order valence-electron chi connectivity index (χ3n) is 5.34. The molecule has 1 saturated heterocycles. The average molecular weight is 448 g/mol. The maximum atomic E-state index is 12.9. The zero-order valence-corrected chi connectivity index (χ0v) is 18.3. The number of rotatable bonds is 7. The van der Waals surface area contributed by atoms with Gasteiger partial charge in [-0.05, 0) is 30.7 Å². The first kappa shape index (κ1) is 22.4. The monoisotopic (exact) mass is 448 g/mol. The summed E-state index contributed by atoms with van der Waals surface area (Å²) in [6.07, 6.45) is 2.22. The Hall–Kier alpha value is -3.81. The second-order valence-corrected chi connectivity index (χ2v) is 7.55. The van der Waals surface area contributed by atoms with Gasteiger partial charge in [0.25, 0.3) is 11.8 Å². The number of imidazole rings is 1. The Labute approximate surface area is 190 Å². The number of anilines is 1. The molecular formula is C23H24N6O4. The van der Waals surface area contributed by atoms with Crippen molar-refractivity contribution in [1.82, 2.24) is 19.4 Å². The molecule has 2 amide bonds. The first-order valence-electron chi connectivity index (χ1n) is 10.6. The SMILES string of the molecule is COCCCn1c(NC(=O)c2cccc(C#N)c2)nc2cc(C(=O)N3CCOCC3)cnc21. The predicted molar refractivity (Wildman–Crippen MR) is 120 cm³/mol. The van der Waals surface area contributed by atoms with Crippen molar-refractivity contribution in [2.45, 2.75) is 13.0 Å². The van der Waals surface area contributed by atoms with Crippen LogP contribution in [-0.4, -0.2) is 71.3 Å². The van der Waals surface area contributed by atoms with Crippen LogP contribution in [0.5, 0.6) is 0 Å². The fourth-order valence-corrected chi connectivity index (χ4v) is 3.65. The van der Waals surface area contributed by atoms with E-state index in [-0.39, 0.29) is 11.8 Å². The molecule has 0 saturated carbocycles. The number of ether oxygens (including phenoxy) is 2. The number of morpholine rings is 1. The van der Waals surface area contributed by atoms with Crippen LogP contribution >= 0.6 is 0 Å². The molecule has 0 bridgehead atoms. The number of benzene rings is 1. The smallest absolute Gasteiger partial charge is 0.258 e. The average Bonchev–Trinajstić information content (AvgIpc) is 3.20. The van der Waals surface area contributed by atoms with E-state index in [0.717, 1.165) is 0 Å². The largest absolute Gasteiger partial charge is 0.385 e. The third kappa shape index (κ3) is 5.00. The number of methoxy groups -OCH3 is 1. The number of carbonyl (C=O) groups is 2. The zero-order valence-electron chi connectivity index (χ0n) is 18.3. The van der Waals surface area contributed by atoms with E-state index >= 15 is 0 Å². The van der Waals surface area contributed by atoms with Crippen molar-refractivity contribution in [3.8, 4) is 6.07 Å². The number of fused-ring (bicyclic) bond motifs is 1. The Morgan fingerprint density at radius 3 is 2.82 bits per heavy atom. The number of amides is 2. The molecular weight excluding hydrogens is 424 g/mol. The Kier molecular flexibility index (Phi) is 6.92. The number of hydrogen-bond acceptors (Lipinski definition) is 7. The van der Waals surface area contributed by atoms with E-state index in [4.69, 9.17) is 14.7 Å². The normalized spacial score (nSPS) is 13.6. The van der Waals surface area contributed by atoms with Crippen LogP contribution in [0.15, 0.2) is 36.5 Å². The summed E-state index contributed by atoms with van der Waals surface area (Å²) >= 11 is 0. The van der Waals surface area contributed by atoms with Gasteiger partial charge in [-0.3, -0.25) is 19.5 Å². The number of nitrogens with zero attached hydrogens (tertiary/aromatic N) is 5. The number of carbonyl (C=O) groups excluding carboxylic acids is 2. The van der Waals surface area contributed by atoms with Gasteiger partial charge < -0.3 is 14.4 Å². The lowest BCUT2D eigenvalue weighted by atomic mass is 10.1. The minimum atomic E-state index is -0.389. The number of aromatic nitrogens is 3. The minimum Gasteiger partial charge on any atom is -0.385 e. The van der Waals surface area contributed by atoms with Crippen LogP contribution in [0.3, 0.4) is 0 Å². The highest BCUT2D eigenvalue weighted by atomic mass is 16.5. The molecule has 0 atom stereocenters. The molecule has 10 nitrogen and oxygen atoms in total. The fraction of sp³-hybridized carbons (Fsp3) is 0.348. The second kappa shape index (κ2) is 10.2. The summed E-state index contributed by atoms with van der Waals surface area (Å²) in [5.41, 5.74) is 2.24. The van der Waals surface area contributed by atoms with E-state index in [2.05, 4.69) is 15.3 Å². The zero-order chi connectivity index (χ0) is 23.2. The van der Waals surface area contributed by atoms with Crippen LogP contribution < -0.4 is 5.32 Å². The molecule has 1 aliphatic heterocycles.